The van der Waals surface area contributed by atoms with Crippen LogP contribution in [-0.2, 0) is 23.0 Å². The molecule has 2 N–H and O–H groups in total. The molecule has 0 aliphatic carbocycles. The second-order valence-corrected chi connectivity index (χ2v) is 15.5. The van der Waals surface area contributed by atoms with Gasteiger partial charge in [-0.05, 0) is 89.1 Å². The van der Waals surface area contributed by atoms with Gasteiger partial charge < -0.3 is 24.4 Å². The fourth-order valence-corrected chi connectivity index (χ4v) is 8.60. The first-order chi connectivity index (χ1) is 25.8. The molecule has 2 aliphatic heterocycles. The molecular formula is C40H48F3N5O5S. The lowest BCUT2D eigenvalue weighted by Crippen LogP contribution is -2.68. The summed E-state index contributed by atoms with van der Waals surface area (Å²) >= 11 is 1.45. The van der Waals surface area contributed by atoms with Crippen LogP contribution in [0.2, 0.25) is 0 Å². The molecule has 54 heavy (non-hydrogen) atoms. The zero-order valence-corrected chi connectivity index (χ0v) is 32.0. The van der Waals surface area contributed by atoms with Crippen molar-refractivity contribution in [2.75, 3.05) is 26.2 Å². The number of nitrogens with zero attached hydrogens (tertiary/aromatic N) is 4. The van der Waals surface area contributed by atoms with Gasteiger partial charge in [0.15, 0.2) is 0 Å². The number of aromatic nitrogens is 3. The van der Waals surface area contributed by atoms with E-state index in [9.17, 15) is 27.9 Å². The number of amides is 2. The quantitative estimate of drug-likeness (QED) is 0.143. The van der Waals surface area contributed by atoms with Gasteiger partial charge in [-0.3, -0.25) is 19.7 Å². The van der Waals surface area contributed by atoms with Gasteiger partial charge in [-0.25, -0.2) is 0 Å². The number of hydrogen-bond donors (Lipinski definition) is 2. The summed E-state index contributed by atoms with van der Waals surface area (Å²) in [5, 5.41) is 21.2. The Morgan fingerprint density at radius 2 is 1.83 bits per heavy atom. The molecule has 5 heterocycles. The van der Waals surface area contributed by atoms with Crippen molar-refractivity contribution in [3.63, 3.8) is 0 Å². The molecule has 1 aromatic carbocycles. The van der Waals surface area contributed by atoms with E-state index in [1.807, 2.05) is 58.0 Å². The van der Waals surface area contributed by atoms with Crippen molar-refractivity contribution < 1.29 is 37.3 Å². The highest BCUT2D eigenvalue weighted by Crippen LogP contribution is 2.43. The summed E-state index contributed by atoms with van der Waals surface area (Å²) in [4.78, 5) is 37.0. The maximum Gasteiger partial charge on any atom is 0.418 e. The lowest BCUT2D eigenvalue weighted by Gasteiger charge is -2.51. The highest BCUT2D eigenvalue weighted by molar-refractivity contribution is 7.10. The van der Waals surface area contributed by atoms with Crippen molar-refractivity contribution in [1.82, 2.24) is 25.0 Å². The van der Waals surface area contributed by atoms with Crippen LogP contribution in [0.4, 0.5) is 13.2 Å². The Balaban J connectivity index is 1.24. The van der Waals surface area contributed by atoms with Crippen molar-refractivity contribution in [2.45, 2.75) is 102 Å². The van der Waals surface area contributed by atoms with Gasteiger partial charge in [0.05, 0.1) is 29.5 Å². The minimum Gasteiger partial charge on any atom is -0.493 e. The molecule has 6 rings (SSSR count). The number of H-pyrrole nitrogens is 1. The number of piperidine rings is 2. The van der Waals surface area contributed by atoms with Crippen molar-refractivity contribution in [3.8, 4) is 11.5 Å². The molecule has 0 spiro atoms. The number of rotatable bonds is 12. The number of aromatic amines is 1. The van der Waals surface area contributed by atoms with Crippen molar-refractivity contribution in [3.05, 3.63) is 92.7 Å². The van der Waals surface area contributed by atoms with Gasteiger partial charge in [-0.15, -0.1) is 11.3 Å². The topological polar surface area (TPSA) is 121 Å². The summed E-state index contributed by atoms with van der Waals surface area (Å²) in [7, 11) is 0. The van der Waals surface area contributed by atoms with Gasteiger partial charge in [0, 0.05) is 53.8 Å². The normalized spacial score (nSPS) is 20.2. The number of pyridine rings is 1. The highest BCUT2D eigenvalue weighted by atomic mass is 32.1. The first kappa shape index (κ1) is 39.3. The van der Waals surface area contributed by atoms with E-state index in [-0.39, 0.29) is 44.8 Å². The average Bonchev–Trinajstić information content (AvgIpc) is 3.72. The Morgan fingerprint density at radius 1 is 1.07 bits per heavy atom. The summed E-state index contributed by atoms with van der Waals surface area (Å²) in [5.41, 5.74) is -0.826. The summed E-state index contributed by atoms with van der Waals surface area (Å²) in [5.74, 6) is -0.184. The number of carbonyl (C=O) groups is 2. The molecule has 0 saturated carbocycles. The van der Waals surface area contributed by atoms with E-state index in [2.05, 4.69) is 15.2 Å². The minimum atomic E-state index is -4.79. The lowest BCUT2D eigenvalue weighted by atomic mass is 9.78. The van der Waals surface area contributed by atoms with Crippen molar-refractivity contribution in [2.24, 2.45) is 0 Å². The number of para-hydroxylation sites is 1. The van der Waals surface area contributed by atoms with Crippen molar-refractivity contribution >= 4 is 23.2 Å². The molecule has 0 radical (unpaired) electrons. The van der Waals surface area contributed by atoms with Crippen LogP contribution in [0, 0.1) is 20.8 Å². The summed E-state index contributed by atoms with van der Waals surface area (Å²) < 4.78 is 55.2. The smallest absolute Gasteiger partial charge is 0.418 e. The van der Waals surface area contributed by atoms with Crippen LogP contribution in [-0.4, -0.2) is 79.8 Å². The predicted molar refractivity (Wildman–Crippen MR) is 199 cm³/mol. The zero-order valence-electron chi connectivity index (χ0n) is 31.2. The number of likely N-dealkylation sites (tertiary alicyclic amines) is 2. The largest absolute Gasteiger partial charge is 0.493 e. The predicted octanol–water partition coefficient (Wildman–Crippen LogP) is 7.55. The molecule has 0 bridgehead atoms. The Morgan fingerprint density at radius 3 is 2.50 bits per heavy atom. The summed E-state index contributed by atoms with van der Waals surface area (Å²) in [6.07, 6.45) is -0.147. The van der Waals surface area contributed by atoms with Crippen LogP contribution in [0.5, 0.6) is 11.5 Å². The Kier molecular flexibility index (Phi) is 11.7. The van der Waals surface area contributed by atoms with E-state index in [1.54, 1.807) is 10.3 Å². The molecule has 10 nitrogen and oxygen atoms in total. The number of carbonyl (C=O) groups excluding carboxylic acids is 2. The average molecular weight is 768 g/mol. The molecule has 4 aromatic rings. The fourth-order valence-electron chi connectivity index (χ4n) is 7.99. The highest BCUT2D eigenvalue weighted by Gasteiger charge is 2.56. The Hall–Kier alpha value is -4.43. The molecule has 2 atom stereocenters. The first-order valence-corrected chi connectivity index (χ1v) is 19.5. The van der Waals surface area contributed by atoms with Gasteiger partial charge in [0.25, 0.3) is 11.8 Å². The molecule has 2 aliphatic rings. The third-order valence-electron chi connectivity index (χ3n) is 10.7. The SMILES string of the molecule is CCC[C@H]1N(C(=O)c2ncccc2C(F)(F)F)CCC[C@@]1(Oc1csc(C)c1)C(=O)N1CCC(O)(c2ccccc2OCCCc2c(C)n[nH]c2C)CC1. The van der Waals surface area contributed by atoms with Gasteiger partial charge in [-0.1, -0.05) is 31.5 Å². The lowest BCUT2D eigenvalue weighted by molar-refractivity contribution is -0.163. The standard InChI is InChI=1S/C40H48F3N5O5S/c1-5-11-34-39(53-29-24-26(2)54-25-29,16-10-20-48(34)36(49)35-32(40(41,42)43)14-8-19-44-35)37(50)47-21-17-38(51,18-22-47)31-13-6-7-15-33(31)52-23-9-12-30-27(3)45-46-28(30)4/h6-8,13-15,19,24-25,34,51H,5,9-12,16-18,20-23H2,1-4H3,(H,45,46)/t34-,39+/m1/s1. The second kappa shape index (κ2) is 16.1. The van der Waals surface area contributed by atoms with E-state index in [4.69, 9.17) is 9.47 Å². The van der Waals surface area contributed by atoms with Crippen molar-refractivity contribution in [1.29, 1.82) is 0 Å². The van der Waals surface area contributed by atoms with Crippen LogP contribution in [0.15, 0.2) is 54.0 Å². The molecule has 2 saturated heterocycles. The number of benzene rings is 1. The van der Waals surface area contributed by atoms with Crippen LogP contribution in [0.1, 0.15) is 95.3 Å². The van der Waals surface area contributed by atoms with Gasteiger partial charge in [0.2, 0.25) is 5.60 Å². The molecule has 3 aromatic heterocycles. The van der Waals surface area contributed by atoms with E-state index in [1.165, 1.54) is 28.0 Å². The maximum atomic E-state index is 15.0. The number of halogens is 3. The Labute approximate surface area is 317 Å². The van der Waals surface area contributed by atoms with Gasteiger partial charge in [-0.2, -0.15) is 18.3 Å². The number of alkyl halides is 3. The number of nitrogens with one attached hydrogen (secondary N) is 1. The minimum absolute atomic E-state index is 0.149. The Bertz CT molecular complexity index is 1920. The summed E-state index contributed by atoms with van der Waals surface area (Å²) in [6, 6.07) is 10.4. The molecule has 2 fully saturated rings. The van der Waals surface area contributed by atoms with E-state index >= 15 is 0 Å². The fraction of sp³-hybridized carbons (Fsp3) is 0.500. The van der Waals surface area contributed by atoms with Crippen LogP contribution in [0.3, 0.4) is 0 Å². The number of aryl methyl sites for hydroxylation is 3. The number of aliphatic hydroxyl groups is 1. The van der Waals surface area contributed by atoms with E-state index in [0.29, 0.717) is 42.9 Å². The van der Waals surface area contributed by atoms with E-state index < -0.39 is 40.6 Å². The second-order valence-electron chi connectivity index (χ2n) is 14.4. The van der Waals surface area contributed by atoms with Gasteiger partial charge >= 0.3 is 6.18 Å². The number of ether oxygens (including phenoxy) is 2. The number of thiophene rings is 1. The zero-order chi connectivity index (χ0) is 38.7. The molecule has 2 amide bonds. The van der Waals surface area contributed by atoms with Gasteiger partial charge in [0.1, 0.15) is 17.2 Å². The molecular weight excluding hydrogens is 720 g/mol. The van der Waals surface area contributed by atoms with Crippen LogP contribution in [0.25, 0.3) is 0 Å². The molecule has 0 unspecified atom stereocenters. The van der Waals surface area contributed by atoms with Crippen LogP contribution < -0.4 is 9.47 Å². The maximum absolute atomic E-state index is 15.0. The van der Waals surface area contributed by atoms with Crippen LogP contribution >= 0.6 is 11.3 Å². The molecule has 14 heteroatoms. The van der Waals surface area contributed by atoms with E-state index in [0.717, 1.165) is 41.2 Å². The molecule has 290 valence electrons. The third-order valence-corrected chi connectivity index (χ3v) is 11.6. The monoisotopic (exact) mass is 767 g/mol. The first-order valence-electron chi connectivity index (χ1n) is 18.6. The number of hydrogen-bond acceptors (Lipinski definition) is 8. The summed E-state index contributed by atoms with van der Waals surface area (Å²) in [6.45, 7) is 8.78. The third kappa shape index (κ3) is 8.00.